The van der Waals surface area contributed by atoms with E-state index in [0.717, 1.165) is 25.7 Å². The Labute approximate surface area is 92.0 Å². The van der Waals surface area contributed by atoms with E-state index in [0.29, 0.717) is 0 Å². The highest BCUT2D eigenvalue weighted by Crippen LogP contribution is 2.22. The lowest BCUT2D eigenvalue weighted by atomic mass is 10.2. The molecule has 1 rings (SSSR count). The van der Waals surface area contributed by atoms with E-state index in [1.54, 1.807) is 0 Å². The average molecular weight is 208 g/mol. The molecule has 1 unspecified atom stereocenters. The number of carbonyl (C=O) groups excluding carboxylic acids is 1. The van der Waals surface area contributed by atoms with Crippen LogP contribution in [0.4, 0.5) is 0 Å². The van der Waals surface area contributed by atoms with Gasteiger partial charge in [0, 0.05) is 6.92 Å². The molecular formula is C13H20O2. The Morgan fingerprint density at radius 3 is 2.73 bits per heavy atom. The predicted octanol–water partition coefficient (Wildman–Crippen LogP) is 3.37. The van der Waals surface area contributed by atoms with Crippen LogP contribution < -0.4 is 0 Å². The quantitative estimate of drug-likeness (QED) is 0.523. The lowest BCUT2D eigenvalue weighted by molar-refractivity contribution is -0.144. The van der Waals surface area contributed by atoms with E-state index in [-0.39, 0.29) is 12.1 Å². The molecule has 0 aromatic heterocycles. The Bertz CT molecular complexity index is 264. The molecule has 2 nitrogen and oxygen atoms in total. The molecule has 84 valence electrons. The summed E-state index contributed by atoms with van der Waals surface area (Å²) in [6.45, 7) is 3.55. The van der Waals surface area contributed by atoms with Gasteiger partial charge in [-0.1, -0.05) is 13.3 Å². The van der Waals surface area contributed by atoms with Gasteiger partial charge in [0.1, 0.15) is 6.10 Å². The van der Waals surface area contributed by atoms with Crippen LogP contribution in [-0.4, -0.2) is 12.1 Å². The summed E-state index contributed by atoms with van der Waals surface area (Å²) in [5, 5.41) is 0. The summed E-state index contributed by atoms with van der Waals surface area (Å²) in [4.78, 5) is 10.8. The van der Waals surface area contributed by atoms with E-state index in [1.165, 1.54) is 25.3 Å². The lowest BCUT2D eigenvalue weighted by Gasteiger charge is -2.10. The van der Waals surface area contributed by atoms with Gasteiger partial charge in [-0.2, -0.15) is 0 Å². The van der Waals surface area contributed by atoms with Crippen LogP contribution in [0.15, 0.2) is 17.4 Å². The minimum Gasteiger partial charge on any atom is -0.458 e. The van der Waals surface area contributed by atoms with Crippen LogP contribution in [0.25, 0.3) is 0 Å². The molecule has 0 aromatic carbocycles. The van der Waals surface area contributed by atoms with Crippen molar-refractivity contribution in [2.45, 2.75) is 58.5 Å². The number of hydrogen-bond acceptors (Lipinski definition) is 2. The van der Waals surface area contributed by atoms with Gasteiger partial charge in [-0.3, -0.25) is 4.79 Å². The van der Waals surface area contributed by atoms with E-state index in [4.69, 9.17) is 4.74 Å². The van der Waals surface area contributed by atoms with E-state index in [9.17, 15) is 4.79 Å². The molecule has 0 spiro atoms. The van der Waals surface area contributed by atoms with Crippen molar-refractivity contribution in [2.75, 3.05) is 0 Å². The van der Waals surface area contributed by atoms with Crippen LogP contribution in [0.1, 0.15) is 52.4 Å². The van der Waals surface area contributed by atoms with Crippen LogP contribution in [0.5, 0.6) is 0 Å². The monoisotopic (exact) mass is 208 g/mol. The number of carbonyl (C=O) groups is 1. The molecule has 1 atom stereocenters. The standard InChI is InChI=1S/C13H20O2/c1-3-6-13(15-11(2)14)10-9-12-7-4-5-8-12/h10,13H,3-8H2,1-2H3. The molecule has 0 radical (unpaired) electrons. The van der Waals surface area contributed by atoms with Gasteiger partial charge >= 0.3 is 5.97 Å². The molecule has 1 aliphatic carbocycles. The second kappa shape index (κ2) is 6.47. The molecule has 0 aromatic rings. The van der Waals surface area contributed by atoms with Crippen LogP contribution in [0, 0.1) is 0 Å². The van der Waals surface area contributed by atoms with Gasteiger partial charge in [0.15, 0.2) is 0 Å². The zero-order valence-electron chi connectivity index (χ0n) is 9.71. The largest absolute Gasteiger partial charge is 0.458 e. The summed E-state index contributed by atoms with van der Waals surface area (Å²) in [7, 11) is 0. The van der Waals surface area contributed by atoms with Crippen LogP contribution in [0.3, 0.4) is 0 Å². The van der Waals surface area contributed by atoms with E-state index in [2.05, 4.69) is 12.7 Å². The molecule has 15 heavy (non-hydrogen) atoms. The molecule has 0 heterocycles. The van der Waals surface area contributed by atoms with Gasteiger partial charge in [-0.05, 0) is 43.8 Å². The third kappa shape index (κ3) is 4.85. The number of rotatable bonds is 4. The molecule has 1 saturated carbocycles. The first-order chi connectivity index (χ1) is 7.22. The zero-order chi connectivity index (χ0) is 11.1. The highest BCUT2D eigenvalue weighted by atomic mass is 16.5. The lowest BCUT2D eigenvalue weighted by Crippen LogP contribution is -2.12. The normalized spacial score (nSPS) is 17.1. The fourth-order valence-electron chi connectivity index (χ4n) is 1.83. The van der Waals surface area contributed by atoms with Crippen molar-refractivity contribution >= 4 is 5.97 Å². The van der Waals surface area contributed by atoms with Crippen molar-refractivity contribution in [1.82, 2.24) is 0 Å². The van der Waals surface area contributed by atoms with Gasteiger partial charge < -0.3 is 4.74 Å². The molecule has 1 fully saturated rings. The first-order valence-electron chi connectivity index (χ1n) is 5.84. The van der Waals surface area contributed by atoms with Gasteiger partial charge in [0.2, 0.25) is 0 Å². The number of hydrogen-bond donors (Lipinski definition) is 0. The van der Waals surface area contributed by atoms with Crippen LogP contribution in [-0.2, 0) is 9.53 Å². The number of ether oxygens (including phenoxy) is 1. The highest BCUT2D eigenvalue weighted by Gasteiger charge is 2.08. The van der Waals surface area contributed by atoms with E-state index in [1.807, 2.05) is 6.08 Å². The maximum absolute atomic E-state index is 10.8. The molecule has 0 saturated heterocycles. The summed E-state index contributed by atoms with van der Waals surface area (Å²) >= 11 is 0. The van der Waals surface area contributed by atoms with Gasteiger partial charge in [-0.15, -0.1) is 5.73 Å². The van der Waals surface area contributed by atoms with Crippen LogP contribution in [0.2, 0.25) is 0 Å². The van der Waals surface area contributed by atoms with Crippen molar-refractivity contribution in [3.63, 3.8) is 0 Å². The Kier molecular flexibility index (Phi) is 5.20. The molecular weight excluding hydrogens is 188 g/mol. The Morgan fingerprint density at radius 1 is 1.53 bits per heavy atom. The Morgan fingerprint density at radius 2 is 2.20 bits per heavy atom. The van der Waals surface area contributed by atoms with Gasteiger partial charge in [0.05, 0.1) is 0 Å². The molecule has 0 N–H and O–H groups in total. The topological polar surface area (TPSA) is 26.3 Å². The van der Waals surface area contributed by atoms with E-state index < -0.39 is 0 Å². The SMILES string of the molecule is CCCC(C=C=C1CCCC1)OC(C)=O. The second-order valence-corrected chi connectivity index (χ2v) is 4.06. The minimum atomic E-state index is -0.206. The molecule has 2 heteroatoms. The van der Waals surface area contributed by atoms with Crippen molar-refractivity contribution in [1.29, 1.82) is 0 Å². The summed E-state index contributed by atoms with van der Waals surface area (Å²) in [6.07, 6.45) is 8.63. The molecule has 0 bridgehead atoms. The Hall–Kier alpha value is -1.01. The second-order valence-electron chi connectivity index (χ2n) is 4.06. The van der Waals surface area contributed by atoms with Crippen LogP contribution >= 0.6 is 0 Å². The summed E-state index contributed by atoms with van der Waals surface area (Å²) in [6, 6.07) is 0. The Balaban J connectivity index is 2.55. The minimum absolute atomic E-state index is 0.0828. The number of esters is 1. The van der Waals surface area contributed by atoms with Gasteiger partial charge in [-0.25, -0.2) is 0 Å². The third-order valence-electron chi connectivity index (χ3n) is 2.57. The highest BCUT2D eigenvalue weighted by molar-refractivity contribution is 5.66. The van der Waals surface area contributed by atoms with Crippen molar-refractivity contribution in [3.05, 3.63) is 17.4 Å². The predicted molar refractivity (Wildman–Crippen MR) is 60.5 cm³/mol. The molecule has 1 aliphatic rings. The fourth-order valence-corrected chi connectivity index (χ4v) is 1.83. The first kappa shape index (κ1) is 12.1. The maximum atomic E-state index is 10.8. The smallest absolute Gasteiger partial charge is 0.303 e. The van der Waals surface area contributed by atoms with Crippen molar-refractivity contribution < 1.29 is 9.53 Å². The van der Waals surface area contributed by atoms with Gasteiger partial charge in [0.25, 0.3) is 0 Å². The first-order valence-corrected chi connectivity index (χ1v) is 5.84. The molecule has 0 aliphatic heterocycles. The van der Waals surface area contributed by atoms with Crippen molar-refractivity contribution in [2.24, 2.45) is 0 Å². The molecule has 0 amide bonds. The van der Waals surface area contributed by atoms with E-state index >= 15 is 0 Å². The maximum Gasteiger partial charge on any atom is 0.303 e. The van der Waals surface area contributed by atoms with Crippen molar-refractivity contribution in [3.8, 4) is 0 Å². The fraction of sp³-hybridized carbons (Fsp3) is 0.692. The third-order valence-corrected chi connectivity index (χ3v) is 2.57. The zero-order valence-corrected chi connectivity index (χ0v) is 9.71. The average Bonchev–Trinajstić information content (AvgIpc) is 2.66. The summed E-state index contributed by atoms with van der Waals surface area (Å²) in [5.41, 5.74) is 4.66. The summed E-state index contributed by atoms with van der Waals surface area (Å²) < 4.78 is 5.18. The summed E-state index contributed by atoms with van der Waals surface area (Å²) in [5.74, 6) is -0.206.